The molecule has 1 aromatic heterocycles. The van der Waals surface area contributed by atoms with E-state index in [2.05, 4.69) is 0 Å². The van der Waals surface area contributed by atoms with Gasteiger partial charge in [0.05, 0.1) is 11.6 Å². The summed E-state index contributed by atoms with van der Waals surface area (Å²) in [6, 6.07) is 4.36. The Morgan fingerprint density at radius 1 is 1.26 bits per heavy atom. The van der Waals surface area contributed by atoms with E-state index in [9.17, 15) is 14.7 Å². The Bertz CT molecular complexity index is 656. The Kier molecular flexibility index (Phi) is 3.85. The highest BCUT2D eigenvalue weighted by Gasteiger charge is 2.07. The minimum Gasteiger partial charge on any atom is -0.508 e. The predicted octanol–water partition coefficient (Wildman–Crippen LogP) is 2.30. The van der Waals surface area contributed by atoms with Crippen LogP contribution in [0.5, 0.6) is 5.75 Å². The van der Waals surface area contributed by atoms with Crippen molar-refractivity contribution in [1.82, 2.24) is 0 Å². The maximum absolute atomic E-state index is 12.1. The van der Waals surface area contributed by atoms with E-state index in [4.69, 9.17) is 9.52 Å². The van der Waals surface area contributed by atoms with E-state index in [1.807, 2.05) is 0 Å². The first-order chi connectivity index (χ1) is 9.08. The molecule has 0 radical (unpaired) electrons. The van der Waals surface area contributed by atoms with E-state index in [-0.39, 0.29) is 17.6 Å². The molecule has 0 saturated heterocycles. The molecule has 19 heavy (non-hydrogen) atoms. The molecule has 0 saturated carbocycles. The topological polar surface area (TPSA) is 87.7 Å². The summed E-state index contributed by atoms with van der Waals surface area (Å²) >= 11 is 0. The first kappa shape index (κ1) is 13.1. The lowest BCUT2D eigenvalue weighted by Gasteiger charge is -2.02. The average Bonchev–Trinajstić information content (AvgIpc) is 2.36. The Labute approximate surface area is 109 Å². The third-order valence-electron chi connectivity index (χ3n) is 2.92. The number of hydrogen-bond donors (Lipinski definition) is 2. The largest absolute Gasteiger partial charge is 0.508 e. The molecule has 2 N–H and O–H groups in total. The number of aryl methyl sites for hydroxylation is 1. The third-order valence-corrected chi connectivity index (χ3v) is 2.92. The van der Waals surface area contributed by atoms with Crippen molar-refractivity contribution in [3.8, 4) is 5.75 Å². The number of hydrogen-bond acceptors (Lipinski definition) is 4. The summed E-state index contributed by atoms with van der Waals surface area (Å²) < 4.78 is 5.31. The van der Waals surface area contributed by atoms with Crippen molar-refractivity contribution in [1.29, 1.82) is 0 Å². The Morgan fingerprint density at radius 3 is 2.79 bits per heavy atom. The van der Waals surface area contributed by atoms with Gasteiger partial charge in [-0.3, -0.25) is 9.59 Å². The van der Waals surface area contributed by atoms with Crippen LogP contribution in [0, 0.1) is 0 Å². The second kappa shape index (κ2) is 5.56. The van der Waals surface area contributed by atoms with Gasteiger partial charge in [0.15, 0.2) is 5.43 Å². The fraction of sp³-hybridized carbons (Fsp3) is 0.286. The summed E-state index contributed by atoms with van der Waals surface area (Å²) in [5, 5.41) is 18.3. The van der Waals surface area contributed by atoms with E-state index < -0.39 is 5.97 Å². The number of carbonyl (C=O) groups is 1. The number of benzene rings is 1. The molecule has 0 aliphatic carbocycles. The van der Waals surface area contributed by atoms with Crippen molar-refractivity contribution in [3.63, 3.8) is 0 Å². The first-order valence-corrected chi connectivity index (χ1v) is 6.03. The van der Waals surface area contributed by atoms with Crippen LogP contribution in [0.3, 0.4) is 0 Å². The lowest BCUT2D eigenvalue weighted by atomic mass is 10.1. The predicted molar refractivity (Wildman–Crippen MR) is 69.3 cm³/mol. The zero-order valence-corrected chi connectivity index (χ0v) is 10.3. The molecule has 0 spiro atoms. The monoisotopic (exact) mass is 262 g/mol. The van der Waals surface area contributed by atoms with Crippen molar-refractivity contribution in [2.45, 2.75) is 25.7 Å². The molecule has 1 heterocycles. The quantitative estimate of drug-likeness (QED) is 0.807. The van der Waals surface area contributed by atoms with Gasteiger partial charge >= 0.3 is 5.97 Å². The Balaban J connectivity index is 2.16. The van der Waals surface area contributed by atoms with Crippen LogP contribution in [0.2, 0.25) is 0 Å². The van der Waals surface area contributed by atoms with E-state index in [0.717, 1.165) is 0 Å². The number of fused-ring (bicyclic) bond motifs is 1. The van der Waals surface area contributed by atoms with Crippen LogP contribution in [0.15, 0.2) is 33.7 Å². The van der Waals surface area contributed by atoms with Gasteiger partial charge in [-0.25, -0.2) is 0 Å². The average molecular weight is 262 g/mol. The number of unbranched alkanes of at least 4 members (excludes halogenated alkanes) is 1. The van der Waals surface area contributed by atoms with Crippen molar-refractivity contribution in [3.05, 3.63) is 40.2 Å². The van der Waals surface area contributed by atoms with E-state index >= 15 is 0 Å². The molecule has 0 unspecified atom stereocenters. The van der Waals surface area contributed by atoms with Crippen LogP contribution < -0.4 is 5.43 Å². The number of phenols is 1. The van der Waals surface area contributed by atoms with Crippen LogP contribution >= 0.6 is 0 Å². The molecule has 0 bridgehead atoms. The molecule has 0 fully saturated rings. The second-order valence-corrected chi connectivity index (χ2v) is 4.37. The number of carboxylic acid groups (broad SMARTS) is 1. The molecule has 0 aliphatic heterocycles. The molecular formula is C14H14O5. The van der Waals surface area contributed by atoms with Gasteiger partial charge in [-0.05, 0) is 31.4 Å². The smallest absolute Gasteiger partial charge is 0.303 e. The maximum Gasteiger partial charge on any atom is 0.303 e. The van der Waals surface area contributed by atoms with Gasteiger partial charge in [0.1, 0.15) is 11.3 Å². The van der Waals surface area contributed by atoms with Crippen molar-refractivity contribution < 1.29 is 19.4 Å². The first-order valence-electron chi connectivity index (χ1n) is 6.03. The summed E-state index contributed by atoms with van der Waals surface area (Å²) in [5.41, 5.74) is 0.749. The Hall–Kier alpha value is -2.30. The second-order valence-electron chi connectivity index (χ2n) is 4.37. The number of phenolic OH excluding ortho intramolecular Hbond substituents is 1. The third kappa shape index (κ3) is 3.13. The number of aromatic hydroxyl groups is 1. The SMILES string of the molecule is O=C(O)CCCCc1coc2cc(O)ccc2c1=O. The summed E-state index contributed by atoms with van der Waals surface area (Å²) in [5.74, 6) is -0.786. The van der Waals surface area contributed by atoms with Gasteiger partial charge in [0.2, 0.25) is 0 Å². The molecule has 5 nitrogen and oxygen atoms in total. The lowest BCUT2D eigenvalue weighted by Crippen LogP contribution is -2.08. The number of rotatable bonds is 5. The molecule has 2 rings (SSSR count). The van der Waals surface area contributed by atoms with Crippen LogP contribution in [-0.2, 0) is 11.2 Å². The zero-order chi connectivity index (χ0) is 13.8. The van der Waals surface area contributed by atoms with E-state index in [1.165, 1.54) is 24.5 Å². The minimum absolute atomic E-state index is 0.0462. The van der Waals surface area contributed by atoms with E-state index in [1.54, 1.807) is 0 Å². The lowest BCUT2D eigenvalue weighted by molar-refractivity contribution is -0.137. The molecule has 1 aromatic carbocycles. The highest BCUT2D eigenvalue weighted by Crippen LogP contribution is 2.18. The van der Waals surface area contributed by atoms with Gasteiger partial charge in [-0.2, -0.15) is 0 Å². The minimum atomic E-state index is -0.832. The summed E-state index contributed by atoms with van der Waals surface area (Å²) in [4.78, 5) is 22.5. The highest BCUT2D eigenvalue weighted by atomic mass is 16.4. The van der Waals surface area contributed by atoms with Crippen molar-refractivity contribution in [2.75, 3.05) is 0 Å². The van der Waals surface area contributed by atoms with E-state index in [0.29, 0.717) is 35.8 Å². The summed E-state index contributed by atoms with van der Waals surface area (Å²) in [6.07, 6.45) is 3.13. The van der Waals surface area contributed by atoms with Crippen molar-refractivity contribution in [2.24, 2.45) is 0 Å². The molecule has 100 valence electrons. The van der Waals surface area contributed by atoms with Gasteiger partial charge < -0.3 is 14.6 Å². The Morgan fingerprint density at radius 2 is 2.05 bits per heavy atom. The fourth-order valence-corrected chi connectivity index (χ4v) is 1.92. The van der Waals surface area contributed by atoms with Gasteiger partial charge in [0.25, 0.3) is 0 Å². The molecular weight excluding hydrogens is 248 g/mol. The van der Waals surface area contributed by atoms with Gasteiger partial charge in [0, 0.05) is 18.1 Å². The summed E-state index contributed by atoms with van der Waals surface area (Å²) in [7, 11) is 0. The molecule has 0 aliphatic rings. The maximum atomic E-state index is 12.1. The summed E-state index contributed by atoms with van der Waals surface area (Å²) in [6.45, 7) is 0. The van der Waals surface area contributed by atoms with Crippen LogP contribution in [0.1, 0.15) is 24.8 Å². The number of carboxylic acids is 1. The standard InChI is InChI=1S/C14H14O5/c15-10-5-6-11-12(7-10)19-8-9(14(11)18)3-1-2-4-13(16)17/h5-8,15H,1-4H2,(H,16,17). The van der Waals surface area contributed by atoms with Gasteiger partial charge in [-0.15, -0.1) is 0 Å². The molecule has 5 heteroatoms. The normalized spacial score (nSPS) is 10.7. The highest BCUT2D eigenvalue weighted by molar-refractivity contribution is 5.78. The van der Waals surface area contributed by atoms with Crippen LogP contribution in [0.25, 0.3) is 11.0 Å². The number of aliphatic carboxylic acids is 1. The fourth-order valence-electron chi connectivity index (χ4n) is 1.92. The zero-order valence-electron chi connectivity index (χ0n) is 10.3. The van der Waals surface area contributed by atoms with Crippen LogP contribution in [-0.4, -0.2) is 16.2 Å². The molecule has 0 atom stereocenters. The van der Waals surface area contributed by atoms with Crippen molar-refractivity contribution >= 4 is 16.9 Å². The molecule has 2 aromatic rings. The van der Waals surface area contributed by atoms with Gasteiger partial charge in [-0.1, -0.05) is 0 Å². The van der Waals surface area contributed by atoms with Crippen LogP contribution in [0.4, 0.5) is 0 Å². The molecule has 0 amide bonds.